The van der Waals surface area contributed by atoms with E-state index in [1.807, 2.05) is 0 Å². The third kappa shape index (κ3) is 5.33. The monoisotopic (exact) mass is 501 g/mol. The Kier molecular flexibility index (Phi) is 6.61. The van der Waals surface area contributed by atoms with E-state index in [-0.39, 0.29) is 22.7 Å². The molecule has 3 aromatic rings. The third-order valence-electron chi connectivity index (χ3n) is 5.32. The number of carbonyl (C=O) groups is 1. The SMILES string of the molecule is CN(Cc1cc(-c2ccccc2F)n(S(=O)(=O)c2cccc(N3CCO3)c2)c1)C(=O)OC(C)(C)C. The quantitative estimate of drug-likeness (QED) is 0.489. The molecule has 4 rings (SSSR count). The Morgan fingerprint density at radius 2 is 1.86 bits per heavy atom. The van der Waals surface area contributed by atoms with Crippen LogP contribution in [0.4, 0.5) is 14.9 Å². The maximum Gasteiger partial charge on any atom is 0.410 e. The van der Waals surface area contributed by atoms with Crippen LogP contribution in [0, 0.1) is 5.82 Å². The number of nitrogens with zero attached hydrogens (tertiary/aromatic N) is 3. The molecule has 1 aliphatic rings. The second-order valence-corrected chi connectivity index (χ2v) is 11.1. The Morgan fingerprint density at radius 3 is 2.49 bits per heavy atom. The van der Waals surface area contributed by atoms with Crippen molar-refractivity contribution >= 4 is 21.8 Å². The van der Waals surface area contributed by atoms with Gasteiger partial charge in [0.05, 0.1) is 36.0 Å². The number of hydrogen-bond acceptors (Lipinski definition) is 6. The van der Waals surface area contributed by atoms with Gasteiger partial charge in [0.15, 0.2) is 0 Å². The first-order chi connectivity index (χ1) is 16.5. The molecule has 1 amide bonds. The largest absolute Gasteiger partial charge is 0.444 e. The minimum atomic E-state index is -4.11. The van der Waals surface area contributed by atoms with Crippen molar-refractivity contribution in [2.45, 2.75) is 37.8 Å². The molecule has 35 heavy (non-hydrogen) atoms. The first kappa shape index (κ1) is 24.7. The van der Waals surface area contributed by atoms with Crippen molar-refractivity contribution in [2.24, 2.45) is 0 Å². The standard InChI is InChI=1S/C25H28FN3O5S/c1-25(2,3)34-24(30)27(4)16-18-14-23(21-10-5-6-11-22(21)26)29(17-18)35(31,32)20-9-7-8-19(15-20)28-12-13-33-28/h5-11,14-15,17H,12-13,16H2,1-4H3. The van der Waals surface area contributed by atoms with Crippen LogP contribution >= 0.6 is 0 Å². The summed E-state index contributed by atoms with van der Waals surface area (Å²) in [7, 11) is -2.55. The Labute approximate surface area is 204 Å². The van der Waals surface area contributed by atoms with Crippen LogP contribution in [0.5, 0.6) is 0 Å². The molecule has 0 saturated carbocycles. The molecule has 0 aliphatic carbocycles. The van der Waals surface area contributed by atoms with Gasteiger partial charge >= 0.3 is 6.09 Å². The molecular formula is C25H28FN3O5S. The van der Waals surface area contributed by atoms with Crippen molar-refractivity contribution < 1.29 is 27.2 Å². The summed E-state index contributed by atoms with van der Waals surface area (Å²) in [6.45, 7) is 6.59. The number of aromatic nitrogens is 1. The summed E-state index contributed by atoms with van der Waals surface area (Å²) in [6.07, 6.45) is 0.855. The first-order valence-corrected chi connectivity index (χ1v) is 12.6. The molecule has 0 radical (unpaired) electrons. The minimum Gasteiger partial charge on any atom is -0.444 e. The molecule has 0 atom stereocenters. The zero-order chi connectivity index (χ0) is 25.4. The fourth-order valence-corrected chi connectivity index (χ4v) is 5.06. The molecule has 10 heteroatoms. The van der Waals surface area contributed by atoms with Gasteiger partial charge < -0.3 is 9.64 Å². The van der Waals surface area contributed by atoms with E-state index in [1.165, 1.54) is 41.4 Å². The Hall–Kier alpha value is -3.37. The molecule has 1 fully saturated rings. The van der Waals surface area contributed by atoms with Crippen LogP contribution in [0.25, 0.3) is 11.3 Å². The molecule has 1 aromatic heterocycles. The van der Waals surface area contributed by atoms with E-state index in [0.29, 0.717) is 24.4 Å². The summed E-state index contributed by atoms with van der Waals surface area (Å²) in [5.41, 5.74) is 0.722. The predicted molar refractivity (Wildman–Crippen MR) is 130 cm³/mol. The summed E-state index contributed by atoms with van der Waals surface area (Å²) < 4.78 is 48.6. The van der Waals surface area contributed by atoms with E-state index in [0.717, 1.165) is 3.97 Å². The molecule has 2 heterocycles. The number of anilines is 1. The Balaban J connectivity index is 1.75. The summed E-state index contributed by atoms with van der Waals surface area (Å²) in [5, 5.41) is 1.60. The average Bonchev–Trinajstić information content (AvgIpc) is 3.16. The normalized spacial score (nSPS) is 13.9. The van der Waals surface area contributed by atoms with Crippen molar-refractivity contribution in [3.05, 3.63) is 72.2 Å². The van der Waals surface area contributed by atoms with E-state index in [9.17, 15) is 17.6 Å². The van der Waals surface area contributed by atoms with Gasteiger partial charge in [-0.3, -0.25) is 9.90 Å². The van der Waals surface area contributed by atoms with E-state index in [2.05, 4.69) is 0 Å². The van der Waals surface area contributed by atoms with Crippen molar-refractivity contribution in [1.29, 1.82) is 0 Å². The van der Waals surface area contributed by atoms with Crippen LogP contribution in [-0.4, -0.2) is 49.2 Å². The van der Waals surface area contributed by atoms with Crippen LogP contribution in [0.3, 0.4) is 0 Å². The number of halogens is 1. The molecule has 1 saturated heterocycles. The molecule has 0 N–H and O–H groups in total. The molecule has 186 valence electrons. The number of hydrogen-bond donors (Lipinski definition) is 0. The van der Waals surface area contributed by atoms with Gasteiger partial charge in [-0.2, -0.15) is 0 Å². The van der Waals surface area contributed by atoms with E-state index in [4.69, 9.17) is 9.57 Å². The molecule has 8 nitrogen and oxygen atoms in total. The number of carbonyl (C=O) groups excluding carboxylic acids is 1. The van der Waals surface area contributed by atoms with Gasteiger partial charge in [0.25, 0.3) is 10.0 Å². The van der Waals surface area contributed by atoms with Crippen LogP contribution in [0.2, 0.25) is 0 Å². The zero-order valence-corrected chi connectivity index (χ0v) is 20.9. The second kappa shape index (κ2) is 9.35. The molecule has 2 aromatic carbocycles. The highest BCUT2D eigenvalue weighted by Crippen LogP contribution is 2.31. The fourth-order valence-electron chi connectivity index (χ4n) is 3.62. The van der Waals surface area contributed by atoms with Gasteiger partial charge in [-0.05, 0) is 62.7 Å². The van der Waals surface area contributed by atoms with E-state index < -0.39 is 27.5 Å². The molecule has 0 spiro atoms. The molecular weight excluding hydrogens is 473 g/mol. The lowest BCUT2D eigenvalue weighted by Crippen LogP contribution is -2.39. The highest BCUT2D eigenvalue weighted by atomic mass is 32.2. The number of benzene rings is 2. The van der Waals surface area contributed by atoms with Crippen LogP contribution < -0.4 is 5.06 Å². The first-order valence-electron chi connectivity index (χ1n) is 11.1. The van der Waals surface area contributed by atoms with Crippen LogP contribution in [0.15, 0.2) is 65.7 Å². The Morgan fingerprint density at radius 1 is 1.14 bits per heavy atom. The third-order valence-corrected chi connectivity index (χ3v) is 6.99. The maximum atomic E-state index is 14.7. The van der Waals surface area contributed by atoms with Crippen molar-refractivity contribution in [1.82, 2.24) is 8.87 Å². The number of ether oxygens (including phenoxy) is 1. The van der Waals surface area contributed by atoms with Crippen LogP contribution in [-0.2, 0) is 26.1 Å². The lowest BCUT2D eigenvalue weighted by Gasteiger charge is -2.32. The summed E-state index contributed by atoms with van der Waals surface area (Å²) in [4.78, 5) is 19.1. The van der Waals surface area contributed by atoms with Crippen molar-refractivity contribution in [3.63, 3.8) is 0 Å². The lowest BCUT2D eigenvalue weighted by atomic mass is 10.1. The van der Waals surface area contributed by atoms with Crippen molar-refractivity contribution in [2.75, 3.05) is 25.3 Å². The second-order valence-electron chi connectivity index (χ2n) is 9.28. The lowest BCUT2D eigenvalue weighted by molar-refractivity contribution is 0.0253. The number of hydroxylamine groups is 1. The summed E-state index contributed by atoms with van der Waals surface area (Å²) in [6, 6.07) is 13.9. The Bertz CT molecular complexity index is 1340. The number of rotatable bonds is 6. The van der Waals surface area contributed by atoms with Crippen LogP contribution in [0.1, 0.15) is 26.3 Å². The number of amides is 1. The highest BCUT2D eigenvalue weighted by molar-refractivity contribution is 7.90. The molecule has 1 aliphatic heterocycles. The highest BCUT2D eigenvalue weighted by Gasteiger charge is 2.26. The van der Waals surface area contributed by atoms with Gasteiger partial charge in [-0.1, -0.05) is 18.2 Å². The fraction of sp³-hybridized carbons (Fsp3) is 0.320. The predicted octanol–water partition coefficient (Wildman–Crippen LogP) is 4.65. The summed E-state index contributed by atoms with van der Waals surface area (Å²) >= 11 is 0. The average molecular weight is 502 g/mol. The van der Waals surface area contributed by atoms with E-state index >= 15 is 0 Å². The maximum absolute atomic E-state index is 14.7. The topological polar surface area (TPSA) is 81.1 Å². The minimum absolute atomic E-state index is 0.0331. The van der Waals surface area contributed by atoms with Gasteiger partial charge in [0.2, 0.25) is 0 Å². The van der Waals surface area contributed by atoms with Crippen molar-refractivity contribution in [3.8, 4) is 11.3 Å². The smallest absolute Gasteiger partial charge is 0.410 e. The van der Waals surface area contributed by atoms with Gasteiger partial charge in [-0.15, -0.1) is 0 Å². The van der Waals surface area contributed by atoms with Gasteiger partial charge in [-0.25, -0.2) is 21.6 Å². The van der Waals surface area contributed by atoms with Gasteiger partial charge in [0.1, 0.15) is 11.4 Å². The van der Waals surface area contributed by atoms with Gasteiger partial charge in [0, 0.05) is 18.8 Å². The zero-order valence-electron chi connectivity index (χ0n) is 20.1. The molecule has 0 bridgehead atoms. The van der Waals surface area contributed by atoms with E-state index in [1.54, 1.807) is 57.1 Å². The molecule has 0 unspecified atom stereocenters. The summed E-state index contributed by atoms with van der Waals surface area (Å²) in [5.74, 6) is -0.558.